The van der Waals surface area contributed by atoms with Crippen LogP contribution in [0, 0.1) is 11.3 Å². The van der Waals surface area contributed by atoms with E-state index in [4.69, 9.17) is 14.9 Å². The first-order chi connectivity index (χ1) is 17.0. The van der Waals surface area contributed by atoms with Crippen molar-refractivity contribution in [1.82, 2.24) is 5.32 Å². The van der Waals surface area contributed by atoms with E-state index in [1.165, 1.54) is 0 Å². The lowest BCUT2D eigenvalue weighted by atomic mass is 9.99. The predicted octanol–water partition coefficient (Wildman–Crippen LogP) is 5.47. The first kappa shape index (κ1) is 27.6. The molecule has 3 aromatic rings. The average molecular weight is 498 g/mol. The number of rotatable bonds is 7. The lowest BCUT2D eigenvalue weighted by Gasteiger charge is -2.15. The molecule has 3 rings (SSSR count). The molecule has 3 N–H and O–H groups in total. The van der Waals surface area contributed by atoms with E-state index >= 15 is 0 Å². The van der Waals surface area contributed by atoms with Crippen LogP contribution in [0.4, 0.5) is 13.2 Å². The van der Waals surface area contributed by atoms with Gasteiger partial charge in [0.1, 0.15) is 17.6 Å². The molecule has 0 aliphatic heterocycles. The molecule has 0 unspecified atom stereocenters. The minimum absolute atomic E-state index is 0.0357. The van der Waals surface area contributed by atoms with Crippen molar-refractivity contribution in [3.05, 3.63) is 95.6 Å². The minimum atomic E-state index is -4.52. The zero-order valence-electron chi connectivity index (χ0n) is 18.9. The maximum absolute atomic E-state index is 13.0. The van der Waals surface area contributed by atoms with E-state index in [1.54, 1.807) is 12.1 Å². The summed E-state index contributed by atoms with van der Waals surface area (Å²) in [4.78, 5) is 19.1. The van der Waals surface area contributed by atoms with Gasteiger partial charge in [0.05, 0.1) is 11.1 Å². The summed E-state index contributed by atoms with van der Waals surface area (Å²) in [5.41, 5.74) is 2.05. The minimum Gasteiger partial charge on any atom is -0.478 e. The van der Waals surface area contributed by atoms with Gasteiger partial charge in [-0.3, -0.25) is 0 Å². The van der Waals surface area contributed by atoms with Crippen molar-refractivity contribution in [3.8, 4) is 28.7 Å². The number of aliphatic carboxylic acids is 2. The highest BCUT2D eigenvalue weighted by atomic mass is 19.4. The number of carboxylic acids is 2. The zero-order chi connectivity index (χ0) is 26.7. The van der Waals surface area contributed by atoms with Crippen LogP contribution in [0.15, 0.2) is 78.9 Å². The van der Waals surface area contributed by atoms with Crippen LogP contribution in [0.5, 0.6) is 11.5 Å². The lowest BCUT2D eigenvalue weighted by molar-refractivity contribution is -0.137. The summed E-state index contributed by atoms with van der Waals surface area (Å²) in [5.74, 6) is -2.29. The predicted molar refractivity (Wildman–Crippen MR) is 125 cm³/mol. The van der Waals surface area contributed by atoms with Gasteiger partial charge >= 0.3 is 18.1 Å². The monoisotopic (exact) mass is 498 g/mol. The quantitative estimate of drug-likeness (QED) is 0.370. The van der Waals surface area contributed by atoms with Crippen LogP contribution in [0.2, 0.25) is 0 Å². The molecular weight excluding hydrogens is 477 g/mol. The Balaban J connectivity index is 0.000000493. The Bertz CT molecular complexity index is 1270. The second-order valence-corrected chi connectivity index (χ2v) is 7.15. The average Bonchev–Trinajstić information content (AvgIpc) is 2.84. The van der Waals surface area contributed by atoms with Gasteiger partial charge in [0, 0.05) is 18.7 Å². The second kappa shape index (κ2) is 12.7. The van der Waals surface area contributed by atoms with Crippen LogP contribution in [0.1, 0.15) is 16.7 Å². The number of benzene rings is 3. The molecule has 0 saturated carbocycles. The normalized spacial score (nSPS) is 10.8. The molecular formula is C26H21F3N2O5. The second-order valence-electron chi connectivity index (χ2n) is 7.15. The molecule has 10 heteroatoms. The van der Waals surface area contributed by atoms with Gasteiger partial charge in [0.25, 0.3) is 0 Å². The summed E-state index contributed by atoms with van der Waals surface area (Å²) in [7, 11) is 1.83. The van der Waals surface area contributed by atoms with Crippen molar-refractivity contribution < 1.29 is 37.7 Å². The first-order valence-electron chi connectivity index (χ1n) is 10.3. The fourth-order valence-corrected chi connectivity index (χ4v) is 3.00. The van der Waals surface area contributed by atoms with Crippen molar-refractivity contribution in [2.75, 3.05) is 7.05 Å². The van der Waals surface area contributed by atoms with Crippen LogP contribution in [-0.4, -0.2) is 29.2 Å². The highest BCUT2D eigenvalue weighted by molar-refractivity contribution is 5.89. The van der Waals surface area contributed by atoms with Crippen molar-refractivity contribution in [2.24, 2.45) is 0 Å². The van der Waals surface area contributed by atoms with Crippen LogP contribution >= 0.6 is 0 Å². The number of carbonyl (C=O) groups is 2. The topological polar surface area (TPSA) is 120 Å². The summed E-state index contributed by atoms with van der Waals surface area (Å²) in [5, 5.41) is 27.9. The fraction of sp³-hybridized carbons (Fsp3) is 0.115. The molecule has 0 radical (unpaired) electrons. The number of nitrogens with zero attached hydrogens (tertiary/aromatic N) is 1. The van der Waals surface area contributed by atoms with E-state index in [2.05, 4.69) is 5.32 Å². The van der Waals surface area contributed by atoms with Gasteiger partial charge in [-0.05, 0) is 54.1 Å². The summed E-state index contributed by atoms with van der Waals surface area (Å²) < 4.78 is 44.7. The summed E-state index contributed by atoms with van der Waals surface area (Å²) >= 11 is 0. The van der Waals surface area contributed by atoms with Crippen LogP contribution in [0.3, 0.4) is 0 Å². The SMILES string of the molecule is CNCc1ccc(Oc2cc(C(F)(F)F)ccc2C#N)cc1-c1ccccc1.O=C(O)/C=C/C(=O)O. The third-order valence-corrected chi connectivity index (χ3v) is 4.56. The van der Waals surface area contributed by atoms with E-state index in [-0.39, 0.29) is 11.3 Å². The van der Waals surface area contributed by atoms with Gasteiger partial charge < -0.3 is 20.3 Å². The maximum Gasteiger partial charge on any atom is 0.416 e. The molecule has 0 saturated heterocycles. The summed E-state index contributed by atoms with van der Waals surface area (Å²) in [6.07, 6.45) is -3.40. The molecule has 7 nitrogen and oxygen atoms in total. The van der Waals surface area contributed by atoms with Gasteiger partial charge in [-0.25, -0.2) is 9.59 Å². The Kier molecular flexibility index (Phi) is 9.77. The number of ether oxygens (including phenoxy) is 1. The largest absolute Gasteiger partial charge is 0.478 e. The fourth-order valence-electron chi connectivity index (χ4n) is 3.00. The number of hydrogen-bond donors (Lipinski definition) is 3. The van der Waals surface area contributed by atoms with E-state index < -0.39 is 23.7 Å². The van der Waals surface area contributed by atoms with Crippen LogP contribution in [0.25, 0.3) is 11.1 Å². The van der Waals surface area contributed by atoms with E-state index in [9.17, 15) is 28.0 Å². The standard InChI is InChI=1S/C22H17F3N2O.C4H4O4/c1-27-14-17-8-10-19(12-20(17)15-5-3-2-4-6-15)28-21-11-18(22(23,24)25)9-7-16(21)13-26;5-3(6)1-2-4(7)8/h2-12,27H,14H2,1H3;1-2H,(H,5,6)(H,7,8)/b;2-1+. The highest BCUT2D eigenvalue weighted by Crippen LogP contribution is 2.36. The Morgan fingerprint density at radius 1 is 1.00 bits per heavy atom. The molecule has 0 aliphatic carbocycles. The number of nitrogens with one attached hydrogen (secondary N) is 1. The van der Waals surface area contributed by atoms with E-state index in [1.807, 2.05) is 49.5 Å². The molecule has 0 heterocycles. The van der Waals surface area contributed by atoms with E-state index in [0.717, 1.165) is 34.9 Å². The number of alkyl halides is 3. The van der Waals surface area contributed by atoms with Crippen molar-refractivity contribution >= 4 is 11.9 Å². The molecule has 0 aliphatic rings. The van der Waals surface area contributed by atoms with Crippen molar-refractivity contribution in [2.45, 2.75) is 12.7 Å². The summed E-state index contributed by atoms with van der Waals surface area (Å²) in [6, 6.07) is 19.6. The van der Waals surface area contributed by atoms with Gasteiger partial charge in [-0.2, -0.15) is 18.4 Å². The van der Waals surface area contributed by atoms with Crippen molar-refractivity contribution in [1.29, 1.82) is 5.26 Å². The molecule has 0 atom stereocenters. The van der Waals surface area contributed by atoms with E-state index in [0.29, 0.717) is 24.4 Å². The molecule has 3 aromatic carbocycles. The highest BCUT2D eigenvalue weighted by Gasteiger charge is 2.31. The molecule has 0 fully saturated rings. The lowest BCUT2D eigenvalue weighted by Crippen LogP contribution is -2.07. The van der Waals surface area contributed by atoms with Crippen molar-refractivity contribution in [3.63, 3.8) is 0 Å². The first-order valence-corrected chi connectivity index (χ1v) is 10.3. The zero-order valence-corrected chi connectivity index (χ0v) is 18.9. The van der Waals surface area contributed by atoms with Crippen LogP contribution < -0.4 is 10.1 Å². The third-order valence-electron chi connectivity index (χ3n) is 4.56. The molecule has 186 valence electrons. The van der Waals surface area contributed by atoms with Gasteiger partial charge in [0.2, 0.25) is 0 Å². The molecule has 0 spiro atoms. The molecule has 0 bridgehead atoms. The van der Waals surface area contributed by atoms with Gasteiger partial charge in [0.15, 0.2) is 0 Å². The Morgan fingerprint density at radius 2 is 1.64 bits per heavy atom. The number of hydrogen-bond acceptors (Lipinski definition) is 5. The Labute approximate surface area is 204 Å². The smallest absolute Gasteiger partial charge is 0.416 e. The number of carboxylic acid groups (broad SMARTS) is 2. The van der Waals surface area contributed by atoms with Crippen LogP contribution in [-0.2, 0) is 22.3 Å². The molecule has 0 amide bonds. The Hall–Kier alpha value is -4.62. The maximum atomic E-state index is 13.0. The number of nitriles is 1. The van der Waals surface area contributed by atoms with Gasteiger partial charge in [-0.1, -0.05) is 36.4 Å². The molecule has 0 aromatic heterocycles. The molecule has 36 heavy (non-hydrogen) atoms. The third kappa shape index (κ3) is 8.30. The van der Waals surface area contributed by atoms with Gasteiger partial charge in [-0.15, -0.1) is 0 Å². The number of halogens is 3. The summed E-state index contributed by atoms with van der Waals surface area (Å²) in [6.45, 7) is 0.623. The Morgan fingerprint density at radius 3 is 2.17 bits per heavy atom.